The highest BCUT2D eigenvalue weighted by Gasteiger charge is 2.52. The molecule has 2 fully saturated rings. The van der Waals surface area contributed by atoms with Crippen LogP contribution in [-0.4, -0.2) is 30.1 Å². The van der Waals surface area contributed by atoms with Crippen molar-refractivity contribution in [1.82, 2.24) is 5.32 Å². The van der Waals surface area contributed by atoms with E-state index in [9.17, 15) is 9.59 Å². The Morgan fingerprint density at radius 3 is 2.08 bits per heavy atom. The summed E-state index contributed by atoms with van der Waals surface area (Å²) in [4.78, 5) is 24.0. The fourth-order valence-corrected chi connectivity index (χ4v) is 3.50. The number of carbonyl (C=O) groups excluding carboxylic acids is 2. The van der Waals surface area contributed by atoms with E-state index in [1.54, 1.807) is 0 Å². The van der Waals surface area contributed by atoms with Crippen molar-refractivity contribution in [2.24, 2.45) is 0 Å². The van der Waals surface area contributed by atoms with Crippen molar-refractivity contribution >= 4 is 24.4 Å². The number of hydrogen-bond acceptors (Lipinski definition) is 4. The number of rotatable bonds is 3. The molecule has 0 radical (unpaired) electrons. The van der Waals surface area contributed by atoms with Gasteiger partial charge in [0.2, 0.25) is 11.8 Å². The third-order valence-corrected chi connectivity index (χ3v) is 6.06. The van der Waals surface area contributed by atoms with Crippen molar-refractivity contribution in [3.8, 4) is 0 Å². The Bertz CT molecular complexity index is 682. The summed E-state index contributed by atoms with van der Waals surface area (Å²) < 4.78 is 12.2. The van der Waals surface area contributed by atoms with Crippen LogP contribution < -0.4 is 10.8 Å². The first kappa shape index (κ1) is 18.1. The molecule has 2 saturated heterocycles. The Kier molecular flexibility index (Phi) is 4.32. The summed E-state index contributed by atoms with van der Waals surface area (Å²) in [6.07, 6.45) is 1.57. The Hall–Kier alpha value is -1.66. The second kappa shape index (κ2) is 5.96. The van der Waals surface area contributed by atoms with Gasteiger partial charge in [0.15, 0.2) is 0 Å². The average Bonchev–Trinajstić information content (AvgIpc) is 2.76. The van der Waals surface area contributed by atoms with Crippen LogP contribution in [0, 0.1) is 0 Å². The maximum atomic E-state index is 12.5. The molecule has 5 nitrogen and oxygen atoms in total. The van der Waals surface area contributed by atoms with Gasteiger partial charge in [0.1, 0.15) is 0 Å². The molecule has 134 valence electrons. The molecule has 2 aliphatic rings. The lowest BCUT2D eigenvalue weighted by Crippen LogP contribution is -2.51. The Balaban J connectivity index is 1.86. The minimum Gasteiger partial charge on any atom is -0.399 e. The quantitative estimate of drug-likeness (QED) is 0.674. The first-order valence-corrected chi connectivity index (χ1v) is 8.92. The maximum Gasteiger partial charge on any atom is 0.494 e. The molecule has 0 saturated carbocycles. The fourth-order valence-electron chi connectivity index (χ4n) is 3.50. The Labute approximate surface area is 149 Å². The lowest BCUT2D eigenvalue weighted by atomic mass is 9.70. The van der Waals surface area contributed by atoms with Crippen LogP contribution in [0.4, 0.5) is 0 Å². The molecule has 1 aromatic rings. The summed E-state index contributed by atoms with van der Waals surface area (Å²) in [7, 11) is -0.418. The van der Waals surface area contributed by atoms with Crippen LogP contribution in [0.25, 0.3) is 0 Å². The van der Waals surface area contributed by atoms with Gasteiger partial charge in [-0.2, -0.15) is 0 Å². The summed E-state index contributed by atoms with van der Waals surface area (Å²) >= 11 is 0. The van der Waals surface area contributed by atoms with E-state index in [-0.39, 0.29) is 23.0 Å². The zero-order valence-corrected chi connectivity index (χ0v) is 15.6. The third-order valence-electron chi connectivity index (χ3n) is 6.06. The van der Waals surface area contributed by atoms with Gasteiger partial charge in [-0.05, 0) is 51.6 Å². The van der Waals surface area contributed by atoms with Crippen LogP contribution in [0.2, 0.25) is 0 Å². The van der Waals surface area contributed by atoms with Crippen molar-refractivity contribution < 1.29 is 18.9 Å². The topological polar surface area (TPSA) is 64.6 Å². The first-order valence-electron chi connectivity index (χ1n) is 8.92. The van der Waals surface area contributed by atoms with Crippen LogP contribution in [0.3, 0.4) is 0 Å². The van der Waals surface area contributed by atoms with Gasteiger partial charge in [-0.25, -0.2) is 0 Å². The minimum atomic E-state index is -0.637. The monoisotopic (exact) mass is 343 g/mol. The van der Waals surface area contributed by atoms with E-state index in [4.69, 9.17) is 9.31 Å². The molecule has 0 aromatic heterocycles. The van der Waals surface area contributed by atoms with Crippen molar-refractivity contribution in [2.75, 3.05) is 0 Å². The zero-order valence-electron chi connectivity index (χ0n) is 15.6. The van der Waals surface area contributed by atoms with Gasteiger partial charge in [-0.1, -0.05) is 31.2 Å². The summed E-state index contributed by atoms with van der Waals surface area (Å²) in [5.74, 6) is -0.391. The van der Waals surface area contributed by atoms with Gasteiger partial charge in [-0.3, -0.25) is 14.9 Å². The number of benzene rings is 1. The molecule has 1 aromatic carbocycles. The number of hydrogen-bond donors (Lipinski definition) is 1. The van der Waals surface area contributed by atoms with E-state index in [2.05, 4.69) is 5.32 Å². The molecule has 6 heteroatoms. The van der Waals surface area contributed by atoms with E-state index in [1.807, 2.05) is 58.9 Å². The van der Waals surface area contributed by atoms with E-state index < -0.39 is 12.5 Å². The minimum absolute atomic E-state index is 0.192. The second-order valence-corrected chi connectivity index (χ2v) is 8.02. The molecule has 1 N–H and O–H groups in total. The lowest BCUT2D eigenvalue weighted by molar-refractivity contribution is -0.138. The first-order chi connectivity index (χ1) is 11.6. The fraction of sp³-hybridized carbons (Fsp3) is 0.579. The van der Waals surface area contributed by atoms with Gasteiger partial charge >= 0.3 is 7.12 Å². The molecule has 2 heterocycles. The standard InChI is InChI=1S/C19H26BNO4/c1-6-19(12-11-15(22)21-16(19)23)13-7-9-14(10-8-13)20-24-17(2,3)18(4,5)25-20/h7-10H,6,11-12H2,1-5H3,(H,21,22,23)/t19-/m1/s1. The van der Waals surface area contributed by atoms with E-state index >= 15 is 0 Å². The van der Waals surface area contributed by atoms with Crippen LogP contribution in [0.15, 0.2) is 24.3 Å². The predicted octanol–water partition coefficient (Wildman–Crippen LogP) is 2.07. The molecule has 2 aliphatic heterocycles. The number of amides is 2. The van der Waals surface area contributed by atoms with Crippen LogP contribution in [0.5, 0.6) is 0 Å². The van der Waals surface area contributed by atoms with Crippen molar-refractivity contribution in [1.29, 1.82) is 0 Å². The molecule has 0 bridgehead atoms. The smallest absolute Gasteiger partial charge is 0.399 e. The number of imide groups is 1. The molecule has 0 unspecified atom stereocenters. The molecule has 0 spiro atoms. The largest absolute Gasteiger partial charge is 0.494 e. The van der Waals surface area contributed by atoms with Gasteiger partial charge < -0.3 is 9.31 Å². The molecule has 0 aliphatic carbocycles. The SMILES string of the molecule is CC[C@]1(c2ccc(B3OC(C)(C)C(C)(C)O3)cc2)CCC(=O)NC1=O. The van der Waals surface area contributed by atoms with E-state index in [0.29, 0.717) is 19.3 Å². The van der Waals surface area contributed by atoms with E-state index in [0.717, 1.165) is 11.0 Å². The molecular formula is C19H26BNO4. The number of carbonyl (C=O) groups is 2. The van der Waals surface area contributed by atoms with Gasteiger partial charge in [-0.15, -0.1) is 0 Å². The van der Waals surface area contributed by atoms with Crippen LogP contribution in [0.1, 0.15) is 59.4 Å². The Morgan fingerprint density at radius 1 is 1.04 bits per heavy atom. The summed E-state index contributed by atoms with van der Waals surface area (Å²) in [6.45, 7) is 10.1. The van der Waals surface area contributed by atoms with Crippen molar-refractivity contribution in [3.63, 3.8) is 0 Å². The predicted molar refractivity (Wildman–Crippen MR) is 96.5 cm³/mol. The zero-order chi connectivity index (χ0) is 18.5. The van der Waals surface area contributed by atoms with Gasteiger partial charge in [0.25, 0.3) is 0 Å². The second-order valence-electron chi connectivity index (χ2n) is 8.02. The van der Waals surface area contributed by atoms with Crippen LogP contribution >= 0.6 is 0 Å². The number of nitrogens with one attached hydrogen (secondary N) is 1. The molecule has 3 rings (SSSR count). The normalized spacial score (nSPS) is 28.1. The third kappa shape index (κ3) is 2.91. The van der Waals surface area contributed by atoms with E-state index in [1.165, 1.54) is 0 Å². The van der Waals surface area contributed by atoms with Crippen molar-refractivity contribution in [2.45, 2.75) is 70.5 Å². The molecular weight excluding hydrogens is 317 g/mol. The lowest BCUT2D eigenvalue weighted by Gasteiger charge is -2.35. The van der Waals surface area contributed by atoms with Gasteiger partial charge in [0, 0.05) is 6.42 Å². The summed E-state index contributed by atoms with van der Waals surface area (Å²) in [5, 5.41) is 2.48. The highest BCUT2D eigenvalue weighted by atomic mass is 16.7. The molecule has 1 atom stereocenters. The maximum absolute atomic E-state index is 12.5. The number of piperidine rings is 1. The highest BCUT2D eigenvalue weighted by molar-refractivity contribution is 6.62. The molecule has 25 heavy (non-hydrogen) atoms. The summed E-state index contributed by atoms with van der Waals surface area (Å²) in [5.41, 5.74) is 0.457. The average molecular weight is 343 g/mol. The highest BCUT2D eigenvalue weighted by Crippen LogP contribution is 2.38. The summed E-state index contributed by atoms with van der Waals surface area (Å²) in [6, 6.07) is 7.83. The van der Waals surface area contributed by atoms with Crippen LogP contribution in [-0.2, 0) is 24.3 Å². The van der Waals surface area contributed by atoms with Crippen molar-refractivity contribution in [3.05, 3.63) is 29.8 Å². The Morgan fingerprint density at radius 2 is 1.60 bits per heavy atom. The van der Waals surface area contributed by atoms with Gasteiger partial charge in [0.05, 0.1) is 16.6 Å². The molecule has 2 amide bonds.